The lowest BCUT2D eigenvalue weighted by molar-refractivity contribution is 0.0957. The minimum atomic E-state index is -0.358. The average molecular weight is 482 g/mol. The fourth-order valence-corrected chi connectivity index (χ4v) is 4.32. The second kappa shape index (κ2) is 11.0. The number of hydrazine groups is 1. The van der Waals surface area contributed by atoms with Gasteiger partial charge in [0, 0.05) is 36.3 Å². The number of amides is 2. The van der Waals surface area contributed by atoms with Gasteiger partial charge in [0.2, 0.25) is 0 Å². The number of aromatic nitrogens is 1. The summed E-state index contributed by atoms with van der Waals surface area (Å²) in [5.74, 6) is 0.242. The smallest absolute Gasteiger partial charge is 0.289 e. The highest BCUT2D eigenvalue weighted by Crippen LogP contribution is 2.29. The van der Waals surface area contributed by atoms with Crippen molar-refractivity contribution in [1.82, 2.24) is 10.4 Å². The molecule has 2 aromatic carbocycles. The first kappa shape index (κ1) is 23.5. The molecule has 1 saturated heterocycles. The number of hydrogen-bond donors (Lipinski definition) is 4. The molecule has 1 aliphatic rings. The standard InChI is InChI=1S/C24H27N5O4S/c1-33-22-7-4-18(27-28-24(32)21-14-34-15-25-21)12-20(22)26-23(31)17-2-5-19(6-3-17)29-10-8-16(13-30)9-11-29/h2-7,12,14-16,27,30H,8-11,13H2,1H3,(H,26,31)(H,28,32). The number of nitrogens with zero attached hydrogens (tertiary/aromatic N) is 2. The third-order valence-electron chi connectivity index (χ3n) is 5.80. The van der Waals surface area contributed by atoms with Crippen molar-refractivity contribution in [3.05, 3.63) is 64.6 Å². The third-order valence-corrected chi connectivity index (χ3v) is 6.39. The van der Waals surface area contributed by atoms with Crippen molar-refractivity contribution < 1.29 is 19.4 Å². The summed E-state index contributed by atoms with van der Waals surface area (Å²) >= 11 is 1.34. The first-order valence-corrected chi connectivity index (χ1v) is 11.9. The van der Waals surface area contributed by atoms with Crippen molar-refractivity contribution in [3.8, 4) is 5.75 Å². The average Bonchev–Trinajstić information content (AvgIpc) is 3.43. The van der Waals surface area contributed by atoms with E-state index in [1.165, 1.54) is 18.4 Å². The van der Waals surface area contributed by atoms with E-state index in [4.69, 9.17) is 4.74 Å². The summed E-state index contributed by atoms with van der Waals surface area (Å²) in [5, 5.41) is 13.8. The van der Waals surface area contributed by atoms with Gasteiger partial charge in [-0.3, -0.25) is 20.4 Å². The molecule has 9 nitrogen and oxygen atoms in total. The summed E-state index contributed by atoms with van der Waals surface area (Å²) in [7, 11) is 1.52. The Labute approximate surface area is 201 Å². The highest BCUT2D eigenvalue weighted by atomic mass is 32.1. The van der Waals surface area contributed by atoms with Crippen molar-refractivity contribution >= 4 is 40.2 Å². The number of hydrogen-bond acceptors (Lipinski definition) is 8. The van der Waals surface area contributed by atoms with Crippen LogP contribution < -0.4 is 25.8 Å². The third kappa shape index (κ3) is 5.64. The second-order valence-corrected chi connectivity index (χ2v) is 8.70. The maximum Gasteiger partial charge on any atom is 0.289 e. The summed E-state index contributed by atoms with van der Waals surface area (Å²) in [6.07, 6.45) is 1.93. The quantitative estimate of drug-likeness (QED) is 0.365. The molecule has 2 heterocycles. The van der Waals surface area contributed by atoms with Crippen molar-refractivity contribution in [2.75, 3.05) is 42.4 Å². The van der Waals surface area contributed by atoms with Crippen LogP contribution in [0.25, 0.3) is 0 Å². The van der Waals surface area contributed by atoms with Crippen molar-refractivity contribution in [1.29, 1.82) is 0 Å². The number of carbonyl (C=O) groups is 2. The molecule has 1 fully saturated rings. The first-order valence-electron chi connectivity index (χ1n) is 11.0. The molecule has 178 valence electrons. The van der Waals surface area contributed by atoms with Gasteiger partial charge in [-0.15, -0.1) is 11.3 Å². The molecule has 2 amide bonds. The van der Waals surface area contributed by atoms with E-state index in [1.54, 1.807) is 41.2 Å². The van der Waals surface area contributed by atoms with Crippen LogP contribution in [0, 0.1) is 5.92 Å². The van der Waals surface area contributed by atoms with Gasteiger partial charge in [0.15, 0.2) is 0 Å². The summed E-state index contributed by atoms with van der Waals surface area (Å²) in [6, 6.07) is 12.6. The molecule has 10 heteroatoms. The Bertz CT molecular complexity index is 1110. The Morgan fingerprint density at radius 3 is 2.56 bits per heavy atom. The molecule has 0 radical (unpaired) electrons. The van der Waals surface area contributed by atoms with Crippen LogP contribution in [0.3, 0.4) is 0 Å². The molecule has 4 N–H and O–H groups in total. The molecule has 1 aromatic heterocycles. The zero-order chi connectivity index (χ0) is 23.9. The summed E-state index contributed by atoms with van der Waals surface area (Å²) in [5.41, 5.74) is 9.93. The van der Waals surface area contributed by atoms with E-state index in [-0.39, 0.29) is 18.4 Å². The minimum Gasteiger partial charge on any atom is -0.495 e. The lowest BCUT2D eigenvalue weighted by atomic mass is 9.97. The number of rotatable bonds is 8. The van der Waals surface area contributed by atoms with Crippen LogP contribution in [0.2, 0.25) is 0 Å². The maximum absolute atomic E-state index is 12.9. The van der Waals surface area contributed by atoms with Gasteiger partial charge in [0.05, 0.1) is 24.0 Å². The minimum absolute atomic E-state index is 0.241. The number of aliphatic hydroxyl groups excluding tert-OH is 1. The Morgan fingerprint density at radius 1 is 1.15 bits per heavy atom. The van der Waals surface area contributed by atoms with Crippen LogP contribution in [-0.4, -0.2) is 48.7 Å². The van der Waals surface area contributed by atoms with E-state index < -0.39 is 0 Å². The van der Waals surface area contributed by atoms with Crippen molar-refractivity contribution in [3.63, 3.8) is 0 Å². The molecule has 0 aliphatic carbocycles. The zero-order valence-corrected chi connectivity index (χ0v) is 19.6. The molecule has 0 saturated carbocycles. The fraction of sp³-hybridized carbons (Fsp3) is 0.292. The van der Waals surface area contributed by atoms with Gasteiger partial charge in [-0.1, -0.05) is 0 Å². The number of thiazole rings is 1. The highest BCUT2D eigenvalue weighted by Gasteiger charge is 2.19. The van der Waals surface area contributed by atoms with Crippen LogP contribution in [-0.2, 0) is 0 Å². The summed E-state index contributed by atoms with van der Waals surface area (Å²) < 4.78 is 5.37. The van der Waals surface area contributed by atoms with Crippen molar-refractivity contribution in [2.24, 2.45) is 5.92 Å². The van der Waals surface area contributed by atoms with E-state index in [0.717, 1.165) is 31.6 Å². The Kier molecular flexibility index (Phi) is 7.61. The number of aliphatic hydroxyl groups is 1. The predicted octanol–water partition coefficient (Wildman–Crippen LogP) is 3.37. The van der Waals surface area contributed by atoms with E-state index in [0.29, 0.717) is 34.3 Å². The van der Waals surface area contributed by atoms with Gasteiger partial charge in [-0.05, 0) is 61.2 Å². The molecule has 0 atom stereocenters. The molecular formula is C24H27N5O4S. The molecule has 3 aromatic rings. The molecule has 0 bridgehead atoms. The number of nitrogens with one attached hydrogen (secondary N) is 3. The second-order valence-electron chi connectivity index (χ2n) is 7.98. The first-order chi connectivity index (χ1) is 16.6. The van der Waals surface area contributed by atoms with Crippen molar-refractivity contribution in [2.45, 2.75) is 12.8 Å². The number of anilines is 3. The van der Waals surface area contributed by atoms with Crippen LogP contribution >= 0.6 is 11.3 Å². The van der Waals surface area contributed by atoms with Gasteiger partial charge in [0.1, 0.15) is 11.4 Å². The SMILES string of the molecule is COc1ccc(NNC(=O)c2cscn2)cc1NC(=O)c1ccc(N2CCC(CO)CC2)cc1. The lowest BCUT2D eigenvalue weighted by Gasteiger charge is -2.32. The van der Waals surface area contributed by atoms with Gasteiger partial charge in [0.25, 0.3) is 11.8 Å². The highest BCUT2D eigenvalue weighted by molar-refractivity contribution is 7.07. The van der Waals surface area contributed by atoms with E-state index in [1.807, 2.05) is 12.1 Å². The van der Waals surface area contributed by atoms with Crippen LogP contribution in [0.5, 0.6) is 5.75 Å². The normalized spacial score (nSPS) is 13.9. The number of methoxy groups -OCH3 is 1. The number of piperidine rings is 1. The number of carbonyl (C=O) groups excluding carboxylic acids is 2. The van der Waals surface area contributed by atoms with Crippen LogP contribution in [0.1, 0.15) is 33.7 Å². The van der Waals surface area contributed by atoms with E-state index in [9.17, 15) is 14.7 Å². The Hall–Kier alpha value is -3.63. The monoisotopic (exact) mass is 481 g/mol. The number of benzene rings is 2. The Morgan fingerprint density at radius 2 is 1.91 bits per heavy atom. The van der Waals surface area contributed by atoms with Crippen LogP contribution in [0.15, 0.2) is 53.4 Å². The van der Waals surface area contributed by atoms with Gasteiger partial charge >= 0.3 is 0 Å². The van der Waals surface area contributed by atoms with Crippen LogP contribution in [0.4, 0.5) is 17.1 Å². The fourth-order valence-electron chi connectivity index (χ4n) is 3.79. The van der Waals surface area contributed by atoms with E-state index in [2.05, 4.69) is 26.1 Å². The maximum atomic E-state index is 12.9. The molecule has 4 rings (SSSR count). The van der Waals surface area contributed by atoms with Gasteiger partial charge in [-0.2, -0.15) is 0 Å². The van der Waals surface area contributed by atoms with E-state index >= 15 is 0 Å². The topological polar surface area (TPSA) is 116 Å². The molecule has 0 unspecified atom stereocenters. The molecule has 1 aliphatic heterocycles. The summed E-state index contributed by atoms with van der Waals surface area (Å²) in [6.45, 7) is 2.03. The molecule has 0 spiro atoms. The van der Waals surface area contributed by atoms with Gasteiger partial charge in [-0.25, -0.2) is 4.98 Å². The van der Waals surface area contributed by atoms with Gasteiger partial charge < -0.3 is 20.1 Å². The Balaban J connectivity index is 1.39. The number of ether oxygens (including phenoxy) is 1. The summed E-state index contributed by atoms with van der Waals surface area (Å²) in [4.78, 5) is 31.2. The zero-order valence-electron chi connectivity index (χ0n) is 18.8. The largest absolute Gasteiger partial charge is 0.495 e. The predicted molar refractivity (Wildman–Crippen MR) is 133 cm³/mol. The molecular weight excluding hydrogens is 454 g/mol. The lowest BCUT2D eigenvalue weighted by Crippen LogP contribution is -2.34. The molecule has 34 heavy (non-hydrogen) atoms.